The van der Waals surface area contributed by atoms with Gasteiger partial charge in [0.25, 0.3) is 5.56 Å². The first-order valence-electron chi connectivity index (χ1n) is 10.5. The Hall–Kier alpha value is -3.42. The van der Waals surface area contributed by atoms with Crippen LogP contribution in [0.2, 0.25) is 0 Å². The highest BCUT2D eigenvalue weighted by molar-refractivity contribution is 7.15. The fourth-order valence-corrected chi connectivity index (χ4v) is 5.05. The number of H-pyrrole nitrogens is 1. The van der Waals surface area contributed by atoms with Crippen LogP contribution in [-0.2, 0) is 19.5 Å². The third kappa shape index (κ3) is 4.17. The molecule has 0 unspecified atom stereocenters. The lowest BCUT2D eigenvalue weighted by Gasteiger charge is -2.27. The monoisotopic (exact) mass is 444 g/mol. The summed E-state index contributed by atoms with van der Waals surface area (Å²) in [6.45, 7) is 2.29. The first-order valence-corrected chi connectivity index (χ1v) is 11.3. The van der Waals surface area contributed by atoms with Crippen LogP contribution in [0.15, 0.2) is 65.5 Å². The minimum absolute atomic E-state index is 0.0604. The SMILES string of the molecule is COc1cccc(-c2ccc(CN3CCc4nc(-c5ccc(N)cc5)[nH]c(=O)c4C3)s2)c1. The zero-order valence-corrected chi connectivity index (χ0v) is 18.6. The Morgan fingerprint density at radius 1 is 1.12 bits per heavy atom. The number of methoxy groups -OCH3 is 1. The van der Waals surface area contributed by atoms with Crippen molar-refractivity contribution in [3.05, 3.63) is 87.2 Å². The van der Waals surface area contributed by atoms with Crippen molar-refractivity contribution in [3.63, 3.8) is 0 Å². The number of hydrogen-bond donors (Lipinski definition) is 2. The average Bonchev–Trinajstić information content (AvgIpc) is 3.28. The molecule has 4 aromatic rings. The Morgan fingerprint density at radius 3 is 2.78 bits per heavy atom. The zero-order valence-electron chi connectivity index (χ0n) is 17.8. The number of nitrogens with one attached hydrogen (secondary N) is 1. The van der Waals surface area contributed by atoms with Gasteiger partial charge >= 0.3 is 0 Å². The largest absolute Gasteiger partial charge is 0.497 e. The van der Waals surface area contributed by atoms with Crippen molar-refractivity contribution >= 4 is 17.0 Å². The number of ether oxygens (including phenoxy) is 1. The Kier molecular flexibility index (Phi) is 5.51. The molecular weight excluding hydrogens is 420 g/mol. The molecule has 6 nitrogen and oxygen atoms in total. The fourth-order valence-electron chi connectivity index (χ4n) is 4.01. The van der Waals surface area contributed by atoms with Crippen molar-refractivity contribution in [3.8, 4) is 27.6 Å². The number of rotatable bonds is 5. The van der Waals surface area contributed by atoms with Crippen LogP contribution in [-0.4, -0.2) is 28.5 Å². The highest BCUT2D eigenvalue weighted by atomic mass is 32.1. The minimum Gasteiger partial charge on any atom is -0.497 e. The number of nitrogens with zero attached hydrogens (tertiary/aromatic N) is 2. The quantitative estimate of drug-likeness (QED) is 0.448. The van der Waals surface area contributed by atoms with Crippen molar-refractivity contribution in [1.29, 1.82) is 0 Å². The number of fused-ring (bicyclic) bond motifs is 1. The molecule has 0 atom stereocenters. The van der Waals surface area contributed by atoms with E-state index in [0.29, 0.717) is 18.1 Å². The van der Waals surface area contributed by atoms with Crippen molar-refractivity contribution in [1.82, 2.24) is 14.9 Å². The van der Waals surface area contributed by atoms with E-state index in [9.17, 15) is 4.79 Å². The molecular formula is C25H24N4O2S. The molecule has 7 heteroatoms. The maximum absolute atomic E-state index is 12.8. The first kappa shape index (κ1) is 20.5. The van der Waals surface area contributed by atoms with E-state index in [1.807, 2.05) is 36.4 Å². The van der Waals surface area contributed by atoms with E-state index in [1.165, 1.54) is 9.75 Å². The van der Waals surface area contributed by atoms with Crippen LogP contribution in [0, 0.1) is 0 Å². The van der Waals surface area contributed by atoms with Gasteiger partial charge in [0.1, 0.15) is 11.6 Å². The van der Waals surface area contributed by atoms with Gasteiger partial charge in [-0.25, -0.2) is 4.98 Å². The van der Waals surface area contributed by atoms with Crippen molar-refractivity contribution < 1.29 is 4.74 Å². The summed E-state index contributed by atoms with van der Waals surface area (Å²) < 4.78 is 5.34. The third-order valence-corrected chi connectivity index (χ3v) is 6.85. The summed E-state index contributed by atoms with van der Waals surface area (Å²) in [5.74, 6) is 1.46. The minimum atomic E-state index is -0.0604. The van der Waals surface area contributed by atoms with E-state index in [-0.39, 0.29) is 5.56 Å². The normalized spacial score (nSPS) is 13.7. The fraction of sp³-hybridized carbons (Fsp3) is 0.200. The van der Waals surface area contributed by atoms with E-state index in [1.54, 1.807) is 18.4 Å². The summed E-state index contributed by atoms with van der Waals surface area (Å²) in [5.41, 5.74) is 10.1. The van der Waals surface area contributed by atoms with Crippen molar-refractivity contribution in [2.45, 2.75) is 19.5 Å². The van der Waals surface area contributed by atoms with Gasteiger partial charge in [-0.05, 0) is 54.1 Å². The van der Waals surface area contributed by atoms with Crippen molar-refractivity contribution in [2.75, 3.05) is 19.4 Å². The van der Waals surface area contributed by atoms with Crippen LogP contribution in [0.5, 0.6) is 5.75 Å². The number of hydrogen-bond acceptors (Lipinski definition) is 6. The number of aromatic amines is 1. The predicted octanol–water partition coefficient (Wildman–Crippen LogP) is 4.31. The van der Waals surface area contributed by atoms with Gasteiger partial charge in [0.05, 0.1) is 18.4 Å². The van der Waals surface area contributed by atoms with Crippen LogP contribution in [0.1, 0.15) is 16.1 Å². The molecule has 162 valence electrons. The van der Waals surface area contributed by atoms with Gasteiger partial charge in [-0.15, -0.1) is 11.3 Å². The van der Waals surface area contributed by atoms with Crippen LogP contribution in [0.3, 0.4) is 0 Å². The van der Waals surface area contributed by atoms with Gasteiger partial charge in [-0.2, -0.15) is 0 Å². The molecule has 0 bridgehead atoms. The van der Waals surface area contributed by atoms with E-state index in [2.05, 4.69) is 34.1 Å². The van der Waals surface area contributed by atoms with Crippen molar-refractivity contribution in [2.24, 2.45) is 0 Å². The molecule has 1 aliphatic heterocycles. The lowest BCUT2D eigenvalue weighted by atomic mass is 10.1. The lowest BCUT2D eigenvalue weighted by Crippen LogP contribution is -2.35. The molecule has 0 spiro atoms. The maximum Gasteiger partial charge on any atom is 0.255 e. The number of thiophene rings is 1. The first-order chi connectivity index (χ1) is 15.6. The highest BCUT2D eigenvalue weighted by Gasteiger charge is 2.22. The van der Waals surface area contributed by atoms with E-state index in [4.69, 9.17) is 15.5 Å². The molecule has 0 fully saturated rings. The molecule has 2 aromatic heterocycles. The molecule has 32 heavy (non-hydrogen) atoms. The Labute approximate surface area is 190 Å². The van der Waals surface area contributed by atoms with Crippen LogP contribution in [0.25, 0.3) is 21.8 Å². The molecule has 0 radical (unpaired) electrons. The van der Waals surface area contributed by atoms with Crippen LogP contribution in [0.4, 0.5) is 5.69 Å². The zero-order chi connectivity index (χ0) is 22.1. The summed E-state index contributed by atoms with van der Waals surface area (Å²) in [6, 6.07) is 19.8. The third-order valence-electron chi connectivity index (χ3n) is 5.73. The van der Waals surface area contributed by atoms with E-state index >= 15 is 0 Å². The van der Waals surface area contributed by atoms with Gasteiger partial charge in [0.15, 0.2) is 0 Å². The maximum atomic E-state index is 12.8. The number of aromatic nitrogens is 2. The van der Waals surface area contributed by atoms with E-state index < -0.39 is 0 Å². The molecule has 0 amide bonds. The number of benzene rings is 2. The Morgan fingerprint density at radius 2 is 1.97 bits per heavy atom. The Bertz CT molecular complexity index is 1310. The second-order valence-corrected chi connectivity index (χ2v) is 9.09. The summed E-state index contributed by atoms with van der Waals surface area (Å²) in [4.78, 5) is 25.3. The van der Waals surface area contributed by atoms with Gasteiger partial charge in [0.2, 0.25) is 0 Å². The van der Waals surface area contributed by atoms with Gasteiger partial charge in [-0.3, -0.25) is 9.69 Å². The van der Waals surface area contributed by atoms with Crippen LogP contribution < -0.4 is 16.0 Å². The van der Waals surface area contributed by atoms with Gasteiger partial charge in [0, 0.05) is 47.1 Å². The average molecular weight is 445 g/mol. The molecule has 0 saturated carbocycles. The second kappa shape index (κ2) is 8.61. The lowest BCUT2D eigenvalue weighted by molar-refractivity contribution is 0.244. The molecule has 0 saturated heterocycles. The van der Waals surface area contributed by atoms with E-state index in [0.717, 1.165) is 47.6 Å². The molecule has 0 aliphatic carbocycles. The predicted molar refractivity (Wildman–Crippen MR) is 129 cm³/mol. The number of anilines is 1. The number of nitrogens with two attached hydrogens (primary N) is 1. The smallest absolute Gasteiger partial charge is 0.255 e. The second-order valence-electron chi connectivity index (χ2n) is 7.92. The molecule has 2 aromatic carbocycles. The van der Waals surface area contributed by atoms with Gasteiger partial charge < -0.3 is 15.5 Å². The van der Waals surface area contributed by atoms with Gasteiger partial charge in [-0.1, -0.05) is 12.1 Å². The molecule has 3 N–H and O–H groups in total. The summed E-state index contributed by atoms with van der Waals surface area (Å²) in [5, 5.41) is 0. The molecule has 3 heterocycles. The topological polar surface area (TPSA) is 84.2 Å². The van der Waals surface area contributed by atoms with Crippen LogP contribution >= 0.6 is 11.3 Å². The number of nitrogen functional groups attached to an aromatic ring is 1. The summed E-state index contributed by atoms with van der Waals surface area (Å²) >= 11 is 1.78. The molecule has 1 aliphatic rings. The Balaban J connectivity index is 1.32. The summed E-state index contributed by atoms with van der Waals surface area (Å²) in [7, 11) is 1.68. The molecule has 5 rings (SSSR count). The standard InChI is InChI=1S/C25H24N4O2S/c1-31-19-4-2-3-17(13-19)23-10-9-20(32-23)14-29-12-11-22-21(15-29)25(30)28-24(27-22)16-5-7-18(26)8-6-16/h2-10,13H,11-12,14-15,26H2,1H3,(H,27,28,30). The highest BCUT2D eigenvalue weighted by Crippen LogP contribution is 2.31. The summed E-state index contributed by atoms with van der Waals surface area (Å²) in [6.07, 6.45) is 0.759.